The predicted molar refractivity (Wildman–Crippen MR) is 115 cm³/mol. The maximum Gasteiger partial charge on any atom is 0.251 e. The van der Waals surface area contributed by atoms with Crippen molar-refractivity contribution in [1.29, 1.82) is 0 Å². The van der Waals surface area contributed by atoms with Crippen molar-refractivity contribution in [3.05, 3.63) is 88.5 Å². The van der Waals surface area contributed by atoms with Crippen molar-refractivity contribution < 1.29 is 23.1 Å². The monoisotopic (exact) mass is 441 g/mol. The van der Waals surface area contributed by atoms with Gasteiger partial charge < -0.3 is 15.3 Å². The number of halogens is 3. The molecule has 1 aliphatic heterocycles. The maximum absolute atomic E-state index is 13.5. The molecule has 0 fully saturated rings. The molecule has 0 saturated carbocycles. The van der Waals surface area contributed by atoms with E-state index in [1.807, 2.05) is 18.2 Å². The smallest absolute Gasteiger partial charge is 0.251 e. The average molecular weight is 441 g/mol. The number of nitrogens with one attached hydrogen (secondary N) is 1. The van der Waals surface area contributed by atoms with Crippen molar-refractivity contribution >= 4 is 17.3 Å². The summed E-state index contributed by atoms with van der Waals surface area (Å²) >= 11 is 0. The van der Waals surface area contributed by atoms with E-state index >= 15 is 0 Å². The van der Waals surface area contributed by atoms with Gasteiger partial charge in [0.1, 0.15) is 0 Å². The van der Waals surface area contributed by atoms with Crippen molar-refractivity contribution in [3.8, 4) is 0 Å². The van der Waals surface area contributed by atoms with Crippen molar-refractivity contribution in [3.63, 3.8) is 0 Å². The van der Waals surface area contributed by atoms with Gasteiger partial charge in [-0.3, -0.25) is 9.78 Å². The van der Waals surface area contributed by atoms with Crippen LogP contribution in [0.4, 0.5) is 24.5 Å². The zero-order valence-electron chi connectivity index (χ0n) is 17.4. The summed E-state index contributed by atoms with van der Waals surface area (Å²) < 4.78 is 40.3. The van der Waals surface area contributed by atoms with E-state index in [-0.39, 0.29) is 24.4 Å². The first-order valence-corrected chi connectivity index (χ1v) is 10.3. The van der Waals surface area contributed by atoms with Gasteiger partial charge in [0.25, 0.3) is 5.91 Å². The van der Waals surface area contributed by atoms with E-state index in [4.69, 9.17) is 0 Å². The number of fused-ring (bicyclic) bond motifs is 1. The molecule has 32 heavy (non-hydrogen) atoms. The lowest BCUT2D eigenvalue weighted by Gasteiger charge is -2.20. The summed E-state index contributed by atoms with van der Waals surface area (Å²) in [5.41, 5.74) is 4.06. The van der Waals surface area contributed by atoms with Crippen LogP contribution in [0.15, 0.2) is 48.7 Å². The maximum atomic E-state index is 13.5. The first-order chi connectivity index (χ1) is 15.3. The van der Waals surface area contributed by atoms with E-state index in [1.165, 1.54) is 0 Å². The summed E-state index contributed by atoms with van der Waals surface area (Å²) in [5.74, 6) is -4.19. The molecule has 3 aromatic rings. The van der Waals surface area contributed by atoms with Gasteiger partial charge in [-0.2, -0.15) is 0 Å². The molecule has 166 valence electrons. The fourth-order valence-electron chi connectivity index (χ4n) is 3.90. The standard InChI is InChI=1S/C24H22F3N3O2/c1-14(31)13-29-24(32)19-3-2-4-22-18(19)6-8-30(22)17-5-7-28-16(12-17)9-15-10-20(25)23(27)21(26)11-15/h2-5,7,10-12,14,31H,6,8-9,13H2,1H3,(H,29,32). The van der Waals surface area contributed by atoms with Gasteiger partial charge >= 0.3 is 0 Å². The van der Waals surface area contributed by atoms with Gasteiger partial charge in [0.05, 0.1) is 6.10 Å². The average Bonchev–Trinajstić information content (AvgIpc) is 3.20. The lowest BCUT2D eigenvalue weighted by Crippen LogP contribution is -2.31. The predicted octanol–water partition coefficient (Wildman–Crippen LogP) is 3.89. The van der Waals surface area contributed by atoms with Gasteiger partial charge in [-0.25, -0.2) is 13.2 Å². The molecule has 1 aliphatic rings. The summed E-state index contributed by atoms with van der Waals surface area (Å²) in [6.45, 7) is 2.43. The molecule has 8 heteroatoms. The van der Waals surface area contributed by atoms with Crippen LogP contribution in [-0.2, 0) is 12.8 Å². The minimum absolute atomic E-state index is 0.143. The molecule has 1 atom stereocenters. The van der Waals surface area contributed by atoms with Gasteiger partial charge in [-0.05, 0) is 60.9 Å². The molecule has 0 aliphatic carbocycles. The second kappa shape index (κ2) is 9.00. The topological polar surface area (TPSA) is 65.5 Å². The first-order valence-electron chi connectivity index (χ1n) is 10.3. The Morgan fingerprint density at radius 1 is 1.19 bits per heavy atom. The third-order valence-electron chi connectivity index (χ3n) is 5.37. The molecule has 2 heterocycles. The third-order valence-corrected chi connectivity index (χ3v) is 5.37. The quantitative estimate of drug-likeness (QED) is 0.570. The highest BCUT2D eigenvalue weighted by molar-refractivity contribution is 5.98. The largest absolute Gasteiger partial charge is 0.392 e. The van der Waals surface area contributed by atoms with Crippen LogP contribution in [0.25, 0.3) is 0 Å². The molecule has 1 aromatic heterocycles. The summed E-state index contributed by atoms with van der Waals surface area (Å²) in [5, 5.41) is 12.1. The summed E-state index contributed by atoms with van der Waals surface area (Å²) in [6.07, 6.45) is 1.79. The molecule has 5 nitrogen and oxygen atoms in total. The Bertz CT molecular complexity index is 1140. The zero-order valence-corrected chi connectivity index (χ0v) is 17.4. The van der Waals surface area contributed by atoms with Crippen LogP contribution in [0, 0.1) is 17.5 Å². The van der Waals surface area contributed by atoms with Crippen LogP contribution in [0.3, 0.4) is 0 Å². The summed E-state index contributed by atoms with van der Waals surface area (Å²) in [4.78, 5) is 18.9. The molecule has 4 rings (SSSR count). The van der Waals surface area contributed by atoms with Crippen LogP contribution in [0.5, 0.6) is 0 Å². The number of benzene rings is 2. The second-order valence-corrected chi connectivity index (χ2v) is 7.82. The number of anilines is 2. The molecule has 2 aromatic carbocycles. The van der Waals surface area contributed by atoms with Crippen LogP contribution in [0.2, 0.25) is 0 Å². The van der Waals surface area contributed by atoms with Gasteiger partial charge in [0.15, 0.2) is 17.5 Å². The Labute approximate surface area is 183 Å². The van der Waals surface area contributed by atoms with Crippen molar-refractivity contribution in [1.82, 2.24) is 10.3 Å². The highest BCUT2D eigenvalue weighted by Crippen LogP contribution is 2.36. The molecular formula is C24H22F3N3O2. The Hall–Kier alpha value is -3.39. The Balaban J connectivity index is 1.58. The number of aliphatic hydroxyl groups is 1. The molecule has 0 saturated heterocycles. The van der Waals surface area contributed by atoms with Gasteiger partial charge in [-0.1, -0.05) is 6.07 Å². The Morgan fingerprint density at radius 3 is 2.66 bits per heavy atom. The van der Waals surface area contributed by atoms with Gasteiger partial charge in [0, 0.05) is 48.3 Å². The van der Waals surface area contributed by atoms with E-state index in [0.717, 1.165) is 29.1 Å². The number of rotatable bonds is 6. The Morgan fingerprint density at radius 2 is 1.94 bits per heavy atom. The number of hydrogen-bond donors (Lipinski definition) is 2. The molecule has 1 amide bonds. The van der Waals surface area contributed by atoms with E-state index in [1.54, 1.807) is 25.3 Å². The lowest BCUT2D eigenvalue weighted by atomic mass is 10.0. The third kappa shape index (κ3) is 4.45. The fourth-order valence-corrected chi connectivity index (χ4v) is 3.90. The highest BCUT2D eigenvalue weighted by Gasteiger charge is 2.25. The fraction of sp³-hybridized carbons (Fsp3) is 0.250. The normalized spacial score (nSPS) is 13.7. The van der Waals surface area contributed by atoms with Gasteiger partial charge in [-0.15, -0.1) is 0 Å². The second-order valence-electron chi connectivity index (χ2n) is 7.82. The van der Waals surface area contributed by atoms with Crippen LogP contribution < -0.4 is 10.2 Å². The van der Waals surface area contributed by atoms with E-state index in [9.17, 15) is 23.1 Å². The van der Waals surface area contributed by atoms with Gasteiger partial charge in [0.2, 0.25) is 0 Å². The number of aliphatic hydroxyl groups excluding tert-OH is 1. The SMILES string of the molecule is CC(O)CNC(=O)c1cccc2c1CCN2c1ccnc(Cc2cc(F)c(F)c(F)c2)c1. The minimum Gasteiger partial charge on any atom is -0.392 e. The van der Waals surface area contributed by atoms with Crippen molar-refractivity contribution in [2.75, 3.05) is 18.0 Å². The number of amides is 1. The minimum atomic E-state index is -1.49. The number of aromatic nitrogens is 1. The molecule has 2 N–H and O–H groups in total. The van der Waals surface area contributed by atoms with Crippen molar-refractivity contribution in [2.24, 2.45) is 0 Å². The molecule has 1 unspecified atom stereocenters. The number of carbonyl (C=O) groups is 1. The highest BCUT2D eigenvalue weighted by atomic mass is 19.2. The van der Waals surface area contributed by atoms with E-state index < -0.39 is 23.6 Å². The van der Waals surface area contributed by atoms with Crippen LogP contribution >= 0.6 is 0 Å². The molecule has 0 spiro atoms. The molecule has 0 radical (unpaired) electrons. The Kier molecular flexibility index (Phi) is 6.14. The van der Waals surface area contributed by atoms with Crippen molar-refractivity contribution in [2.45, 2.75) is 25.9 Å². The number of nitrogens with zero attached hydrogens (tertiary/aromatic N) is 2. The molecule has 0 bridgehead atoms. The van der Waals surface area contributed by atoms with Crippen LogP contribution in [-0.4, -0.2) is 35.2 Å². The summed E-state index contributed by atoms with van der Waals surface area (Å²) in [6, 6.07) is 11.1. The van der Waals surface area contributed by atoms with E-state index in [2.05, 4.69) is 15.2 Å². The van der Waals surface area contributed by atoms with Crippen LogP contribution in [0.1, 0.15) is 34.1 Å². The number of pyridine rings is 1. The molecular weight excluding hydrogens is 419 g/mol. The zero-order chi connectivity index (χ0) is 22.8. The number of hydrogen-bond acceptors (Lipinski definition) is 4. The number of carbonyl (C=O) groups excluding carboxylic acids is 1. The first kappa shape index (κ1) is 21.8. The lowest BCUT2D eigenvalue weighted by molar-refractivity contribution is 0.0923. The summed E-state index contributed by atoms with van der Waals surface area (Å²) in [7, 11) is 0. The van der Waals surface area contributed by atoms with E-state index in [0.29, 0.717) is 24.2 Å².